The van der Waals surface area contributed by atoms with E-state index in [4.69, 9.17) is 9.47 Å². The van der Waals surface area contributed by atoms with Crippen LogP contribution in [-0.4, -0.2) is 31.3 Å². The fourth-order valence-electron chi connectivity index (χ4n) is 1.93. The standard InChI is InChI=1S/C13H20N2O2/c1-14-9-11-5-4-7-13(15-11)17-10-12-6-2-3-8-16-12/h4-5,7,12,14H,2-3,6,8-10H2,1H3. The summed E-state index contributed by atoms with van der Waals surface area (Å²) in [4.78, 5) is 4.41. The molecule has 1 fully saturated rings. The van der Waals surface area contributed by atoms with Crippen molar-refractivity contribution in [3.8, 4) is 5.88 Å². The first-order valence-corrected chi connectivity index (χ1v) is 6.23. The molecular formula is C13H20N2O2. The van der Waals surface area contributed by atoms with Crippen LogP contribution in [0.5, 0.6) is 5.88 Å². The van der Waals surface area contributed by atoms with Gasteiger partial charge in [-0.1, -0.05) is 6.07 Å². The molecular weight excluding hydrogens is 216 g/mol. The highest BCUT2D eigenvalue weighted by Gasteiger charge is 2.14. The lowest BCUT2D eigenvalue weighted by molar-refractivity contribution is -0.0119. The minimum atomic E-state index is 0.235. The van der Waals surface area contributed by atoms with Gasteiger partial charge < -0.3 is 14.8 Å². The maximum atomic E-state index is 5.67. The second kappa shape index (κ2) is 6.57. The summed E-state index contributed by atoms with van der Waals surface area (Å²) in [5.74, 6) is 0.687. The minimum absolute atomic E-state index is 0.235. The Morgan fingerprint density at radius 1 is 1.47 bits per heavy atom. The van der Waals surface area contributed by atoms with Gasteiger partial charge in [-0.15, -0.1) is 0 Å². The number of nitrogens with one attached hydrogen (secondary N) is 1. The molecule has 4 heteroatoms. The molecule has 4 nitrogen and oxygen atoms in total. The Hall–Kier alpha value is -1.13. The van der Waals surface area contributed by atoms with Crippen LogP contribution in [0.25, 0.3) is 0 Å². The molecule has 0 saturated carbocycles. The third-order valence-corrected chi connectivity index (χ3v) is 2.83. The van der Waals surface area contributed by atoms with Crippen molar-refractivity contribution < 1.29 is 9.47 Å². The van der Waals surface area contributed by atoms with E-state index in [1.807, 2.05) is 25.2 Å². The molecule has 0 amide bonds. The summed E-state index contributed by atoms with van der Waals surface area (Å²) in [6.07, 6.45) is 3.74. The molecule has 1 atom stereocenters. The lowest BCUT2D eigenvalue weighted by Gasteiger charge is -2.22. The SMILES string of the molecule is CNCc1cccc(OCC2CCCCO2)n1. The van der Waals surface area contributed by atoms with Gasteiger partial charge >= 0.3 is 0 Å². The number of aromatic nitrogens is 1. The van der Waals surface area contributed by atoms with E-state index in [2.05, 4.69) is 10.3 Å². The summed E-state index contributed by atoms with van der Waals surface area (Å²) < 4.78 is 11.3. The van der Waals surface area contributed by atoms with Crippen molar-refractivity contribution in [1.29, 1.82) is 0 Å². The Balaban J connectivity index is 1.83. The fourth-order valence-corrected chi connectivity index (χ4v) is 1.93. The van der Waals surface area contributed by atoms with Crippen LogP contribution in [0.4, 0.5) is 0 Å². The predicted octanol–water partition coefficient (Wildman–Crippen LogP) is 1.75. The Labute approximate surface area is 102 Å². The summed E-state index contributed by atoms with van der Waals surface area (Å²) in [5, 5.41) is 3.07. The zero-order valence-corrected chi connectivity index (χ0v) is 10.3. The quantitative estimate of drug-likeness (QED) is 0.846. The van der Waals surface area contributed by atoms with Crippen molar-refractivity contribution in [2.45, 2.75) is 31.9 Å². The summed E-state index contributed by atoms with van der Waals surface area (Å²) in [5.41, 5.74) is 0.995. The van der Waals surface area contributed by atoms with Crippen molar-refractivity contribution in [2.24, 2.45) is 0 Å². The van der Waals surface area contributed by atoms with Crippen molar-refractivity contribution in [3.05, 3.63) is 23.9 Å². The van der Waals surface area contributed by atoms with Gasteiger partial charge in [-0.3, -0.25) is 0 Å². The molecule has 2 rings (SSSR count). The van der Waals surface area contributed by atoms with E-state index >= 15 is 0 Å². The normalized spacial score (nSPS) is 20.2. The lowest BCUT2D eigenvalue weighted by atomic mass is 10.1. The maximum Gasteiger partial charge on any atom is 0.213 e. The van der Waals surface area contributed by atoms with Crippen molar-refractivity contribution in [2.75, 3.05) is 20.3 Å². The van der Waals surface area contributed by atoms with Crippen LogP contribution in [0.1, 0.15) is 25.0 Å². The van der Waals surface area contributed by atoms with Gasteiger partial charge in [0.05, 0.1) is 11.8 Å². The highest BCUT2D eigenvalue weighted by Crippen LogP contribution is 2.14. The molecule has 1 aliphatic rings. The van der Waals surface area contributed by atoms with Gasteiger partial charge in [-0.25, -0.2) is 4.98 Å². The van der Waals surface area contributed by atoms with Crippen LogP contribution in [0.3, 0.4) is 0 Å². The molecule has 0 bridgehead atoms. The summed E-state index contributed by atoms with van der Waals surface area (Å²) >= 11 is 0. The summed E-state index contributed by atoms with van der Waals surface area (Å²) in [6, 6.07) is 5.85. The van der Waals surface area contributed by atoms with Crippen molar-refractivity contribution in [3.63, 3.8) is 0 Å². The molecule has 1 unspecified atom stereocenters. The smallest absolute Gasteiger partial charge is 0.213 e. The highest BCUT2D eigenvalue weighted by molar-refractivity contribution is 5.15. The van der Waals surface area contributed by atoms with Gasteiger partial charge in [0.1, 0.15) is 6.61 Å². The van der Waals surface area contributed by atoms with E-state index < -0.39 is 0 Å². The second-order valence-corrected chi connectivity index (χ2v) is 4.30. The topological polar surface area (TPSA) is 43.4 Å². The van der Waals surface area contributed by atoms with E-state index in [0.717, 1.165) is 25.3 Å². The number of hydrogen-bond donors (Lipinski definition) is 1. The van der Waals surface area contributed by atoms with Crippen LogP contribution in [0.15, 0.2) is 18.2 Å². The van der Waals surface area contributed by atoms with Gasteiger partial charge in [0, 0.05) is 19.2 Å². The highest BCUT2D eigenvalue weighted by atomic mass is 16.5. The molecule has 1 aliphatic heterocycles. The minimum Gasteiger partial charge on any atom is -0.475 e. The summed E-state index contributed by atoms with van der Waals surface area (Å²) in [7, 11) is 1.91. The average molecular weight is 236 g/mol. The zero-order valence-electron chi connectivity index (χ0n) is 10.3. The first-order valence-electron chi connectivity index (χ1n) is 6.23. The maximum absolute atomic E-state index is 5.67. The van der Waals surface area contributed by atoms with E-state index in [0.29, 0.717) is 12.5 Å². The van der Waals surface area contributed by atoms with Crippen LogP contribution >= 0.6 is 0 Å². The molecule has 1 aromatic rings. The molecule has 94 valence electrons. The first kappa shape index (κ1) is 12.3. The number of rotatable bonds is 5. The third kappa shape index (κ3) is 3.98. The Kier molecular flexibility index (Phi) is 4.76. The Bertz CT molecular complexity index is 338. The largest absolute Gasteiger partial charge is 0.475 e. The Morgan fingerprint density at radius 3 is 3.18 bits per heavy atom. The van der Waals surface area contributed by atoms with Crippen LogP contribution < -0.4 is 10.1 Å². The van der Waals surface area contributed by atoms with E-state index in [1.54, 1.807) is 0 Å². The predicted molar refractivity (Wildman–Crippen MR) is 66.1 cm³/mol. The van der Waals surface area contributed by atoms with E-state index in [1.165, 1.54) is 12.8 Å². The molecule has 1 saturated heterocycles. The van der Waals surface area contributed by atoms with Gasteiger partial charge in [-0.2, -0.15) is 0 Å². The average Bonchev–Trinajstić information content (AvgIpc) is 2.39. The van der Waals surface area contributed by atoms with Gasteiger partial charge in [0.15, 0.2) is 0 Å². The molecule has 17 heavy (non-hydrogen) atoms. The first-order chi connectivity index (χ1) is 8.38. The molecule has 0 radical (unpaired) electrons. The molecule has 0 aromatic carbocycles. The third-order valence-electron chi connectivity index (χ3n) is 2.83. The van der Waals surface area contributed by atoms with Crippen LogP contribution in [0.2, 0.25) is 0 Å². The van der Waals surface area contributed by atoms with E-state index in [-0.39, 0.29) is 6.10 Å². The molecule has 0 spiro atoms. The fraction of sp³-hybridized carbons (Fsp3) is 0.615. The zero-order chi connectivity index (χ0) is 11.9. The van der Waals surface area contributed by atoms with Gasteiger partial charge in [-0.05, 0) is 32.4 Å². The van der Waals surface area contributed by atoms with Gasteiger partial charge in [0.25, 0.3) is 0 Å². The Morgan fingerprint density at radius 2 is 2.41 bits per heavy atom. The monoisotopic (exact) mass is 236 g/mol. The molecule has 1 aromatic heterocycles. The number of nitrogens with zero attached hydrogens (tertiary/aromatic N) is 1. The van der Waals surface area contributed by atoms with Crippen molar-refractivity contribution >= 4 is 0 Å². The lowest BCUT2D eigenvalue weighted by Crippen LogP contribution is -2.26. The number of ether oxygens (including phenoxy) is 2. The molecule has 2 heterocycles. The number of pyridine rings is 1. The summed E-state index contributed by atoms with van der Waals surface area (Å²) in [6.45, 7) is 2.23. The van der Waals surface area contributed by atoms with Crippen LogP contribution in [-0.2, 0) is 11.3 Å². The van der Waals surface area contributed by atoms with Gasteiger partial charge in [0.2, 0.25) is 5.88 Å². The second-order valence-electron chi connectivity index (χ2n) is 4.30. The number of hydrogen-bond acceptors (Lipinski definition) is 4. The molecule has 0 aliphatic carbocycles. The van der Waals surface area contributed by atoms with E-state index in [9.17, 15) is 0 Å². The molecule has 1 N–H and O–H groups in total. The van der Waals surface area contributed by atoms with Crippen LogP contribution in [0, 0.1) is 0 Å². The van der Waals surface area contributed by atoms with Crippen molar-refractivity contribution in [1.82, 2.24) is 10.3 Å².